The molecule has 0 radical (unpaired) electrons. The van der Waals surface area contributed by atoms with E-state index in [-0.39, 0.29) is 6.01 Å². The van der Waals surface area contributed by atoms with Gasteiger partial charge in [-0.05, 0) is 24.3 Å². The van der Waals surface area contributed by atoms with Crippen LogP contribution in [0.1, 0.15) is 0 Å². The molecule has 2 aromatic heterocycles. The maximum atomic E-state index is 5.60. The lowest BCUT2D eigenvalue weighted by Crippen LogP contribution is -1.94. The minimum absolute atomic E-state index is 0.252. The van der Waals surface area contributed by atoms with Gasteiger partial charge in [0.1, 0.15) is 5.75 Å². The minimum Gasteiger partial charge on any atom is -0.481 e. The Hall–Kier alpha value is -2.69. The highest BCUT2D eigenvalue weighted by Crippen LogP contribution is 2.23. The number of hydrogen-bond donors (Lipinski definition) is 0. The van der Waals surface area contributed by atoms with Gasteiger partial charge in [-0.15, -0.1) is 0 Å². The van der Waals surface area contributed by atoms with E-state index < -0.39 is 0 Å². The lowest BCUT2D eigenvalue weighted by Gasteiger charge is -2.05. The first-order valence-corrected chi connectivity index (χ1v) is 5.75. The Kier molecular flexibility index (Phi) is 2.94. The Morgan fingerprint density at radius 2 is 1.95 bits per heavy atom. The summed E-state index contributed by atoms with van der Waals surface area (Å²) in [5.41, 5.74) is 0.918. The molecule has 5 nitrogen and oxygen atoms in total. The number of methoxy groups -OCH3 is 1. The van der Waals surface area contributed by atoms with E-state index in [1.54, 1.807) is 25.6 Å². The summed E-state index contributed by atoms with van der Waals surface area (Å²) in [5, 5.41) is 1.00. The van der Waals surface area contributed by atoms with Crippen LogP contribution in [0.4, 0.5) is 0 Å². The summed E-state index contributed by atoms with van der Waals surface area (Å²) >= 11 is 0. The van der Waals surface area contributed by atoms with Gasteiger partial charge in [-0.3, -0.25) is 4.98 Å². The SMILES string of the molecule is COc1ccnc(Oc2ccc3ncccc3c2)n1. The van der Waals surface area contributed by atoms with Crippen LogP contribution in [0, 0.1) is 0 Å². The zero-order valence-corrected chi connectivity index (χ0v) is 10.3. The van der Waals surface area contributed by atoms with Crippen LogP contribution in [0.2, 0.25) is 0 Å². The van der Waals surface area contributed by atoms with Gasteiger partial charge in [0.2, 0.25) is 5.88 Å². The third kappa shape index (κ3) is 2.44. The van der Waals surface area contributed by atoms with Gasteiger partial charge in [-0.1, -0.05) is 6.07 Å². The van der Waals surface area contributed by atoms with Crippen LogP contribution in [0.25, 0.3) is 10.9 Å². The van der Waals surface area contributed by atoms with E-state index in [0.717, 1.165) is 10.9 Å². The van der Waals surface area contributed by atoms with Crippen molar-refractivity contribution in [3.8, 4) is 17.6 Å². The predicted octanol–water partition coefficient (Wildman–Crippen LogP) is 2.83. The molecule has 2 heterocycles. The molecule has 0 amide bonds. The maximum Gasteiger partial charge on any atom is 0.325 e. The van der Waals surface area contributed by atoms with Crippen LogP contribution in [0.3, 0.4) is 0 Å². The van der Waals surface area contributed by atoms with Gasteiger partial charge >= 0.3 is 6.01 Å². The van der Waals surface area contributed by atoms with Crippen molar-refractivity contribution in [2.75, 3.05) is 7.11 Å². The van der Waals surface area contributed by atoms with Crippen LogP contribution in [-0.4, -0.2) is 22.1 Å². The van der Waals surface area contributed by atoms with Crippen LogP contribution >= 0.6 is 0 Å². The van der Waals surface area contributed by atoms with Crippen molar-refractivity contribution in [3.05, 3.63) is 48.8 Å². The molecule has 1 aromatic carbocycles. The first kappa shape index (κ1) is 11.4. The van der Waals surface area contributed by atoms with Crippen molar-refractivity contribution in [1.29, 1.82) is 0 Å². The molecule has 19 heavy (non-hydrogen) atoms. The summed E-state index contributed by atoms with van der Waals surface area (Å²) in [6.45, 7) is 0. The number of ether oxygens (including phenoxy) is 2. The summed E-state index contributed by atoms with van der Waals surface area (Å²) < 4.78 is 10.6. The summed E-state index contributed by atoms with van der Waals surface area (Å²) in [7, 11) is 1.55. The monoisotopic (exact) mass is 253 g/mol. The number of rotatable bonds is 3. The summed E-state index contributed by atoms with van der Waals surface area (Å²) in [5.74, 6) is 1.13. The molecule has 5 heteroatoms. The van der Waals surface area contributed by atoms with E-state index in [2.05, 4.69) is 15.0 Å². The molecule has 0 atom stereocenters. The van der Waals surface area contributed by atoms with Gasteiger partial charge in [0.25, 0.3) is 0 Å². The molecule has 94 valence electrons. The molecule has 0 aliphatic rings. The second kappa shape index (κ2) is 4.89. The highest BCUT2D eigenvalue weighted by Gasteiger charge is 2.03. The van der Waals surface area contributed by atoms with Crippen LogP contribution < -0.4 is 9.47 Å². The van der Waals surface area contributed by atoms with Gasteiger partial charge in [-0.25, -0.2) is 4.98 Å². The molecule has 3 aromatic rings. The highest BCUT2D eigenvalue weighted by atomic mass is 16.5. The molecule has 0 aliphatic carbocycles. The average molecular weight is 253 g/mol. The predicted molar refractivity (Wildman–Crippen MR) is 70.4 cm³/mol. The van der Waals surface area contributed by atoms with Crippen molar-refractivity contribution < 1.29 is 9.47 Å². The minimum atomic E-state index is 0.252. The Morgan fingerprint density at radius 1 is 1.00 bits per heavy atom. The van der Waals surface area contributed by atoms with E-state index in [0.29, 0.717) is 11.6 Å². The quantitative estimate of drug-likeness (QED) is 0.718. The Balaban J connectivity index is 1.92. The van der Waals surface area contributed by atoms with Gasteiger partial charge in [-0.2, -0.15) is 4.98 Å². The molecule has 0 unspecified atom stereocenters. The van der Waals surface area contributed by atoms with Crippen LogP contribution in [0.5, 0.6) is 17.6 Å². The summed E-state index contributed by atoms with van der Waals surface area (Å²) in [6.07, 6.45) is 3.35. The van der Waals surface area contributed by atoms with Crippen molar-refractivity contribution in [3.63, 3.8) is 0 Å². The molecule has 0 fully saturated rings. The fourth-order valence-corrected chi connectivity index (χ4v) is 1.71. The molecule has 3 rings (SSSR count). The van der Waals surface area contributed by atoms with Crippen molar-refractivity contribution in [2.45, 2.75) is 0 Å². The fourth-order valence-electron chi connectivity index (χ4n) is 1.71. The number of fused-ring (bicyclic) bond motifs is 1. The number of benzene rings is 1. The van der Waals surface area contributed by atoms with Crippen molar-refractivity contribution in [1.82, 2.24) is 15.0 Å². The average Bonchev–Trinajstić information content (AvgIpc) is 2.47. The normalized spacial score (nSPS) is 10.4. The van der Waals surface area contributed by atoms with E-state index >= 15 is 0 Å². The number of aromatic nitrogens is 3. The molecule has 0 bridgehead atoms. The van der Waals surface area contributed by atoms with Gasteiger partial charge in [0.15, 0.2) is 0 Å². The number of nitrogens with zero attached hydrogens (tertiary/aromatic N) is 3. The zero-order chi connectivity index (χ0) is 13.1. The molecule has 0 spiro atoms. The molecular formula is C14H11N3O2. The molecule has 0 N–H and O–H groups in total. The van der Waals surface area contributed by atoms with E-state index in [9.17, 15) is 0 Å². The maximum absolute atomic E-state index is 5.60. The zero-order valence-electron chi connectivity index (χ0n) is 10.3. The first-order valence-electron chi connectivity index (χ1n) is 5.75. The summed E-state index contributed by atoms with van der Waals surface area (Å²) in [6, 6.07) is 11.4. The second-order valence-electron chi connectivity index (χ2n) is 3.84. The third-order valence-electron chi connectivity index (χ3n) is 2.60. The Morgan fingerprint density at radius 3 is 2.84 bits per heavy atom. The molecular weight excluding hydrogens is 242 g/mol. The Labute approximate surface area is 109 Å². The fraction of sp³-hybridized carbons (Fsp3) is 0.0714. The van der Waals surface area contributed by atoms with Crippen molar-refractivity contribution >= 4 is 10.9 Å². The first-order chi connectivity index (χ1) is 9.35. The van der Waals surface area contributed by atoms with Gasteiger partial charge < -0.3 is 9.47 Å². The second-order valence-corrected chi connectivity index (χ2v) is 3.84. The summed E-state index contributed by atoms with van der Waals surface area (Å²) in [4.78, 5) is 12.4. The Bertz CT molecular complexity index is 716. The van der Waals surface area contributed by atoms with Gasteiger partial charge in [0, 0.05) is 23.8 Å². The van der Waals surface area contributed by atoms with Crippen LogP contribution in [0.15, 0.2) is 48.8 Å². The third-order valence-corrected chi connectivity index (χ3v) is 2.60. The van der Waals surface area contributed by atoms with Crippen molar-refractivity contribution in [2.24, 2.45) is 0 Å². The van der Waals surface area contributed by atoms with Gasteiger partial charge in [0.05, 0.1) is 12.6 Å². The standard InChI is InChI=1S/C14H11N3O2/c1-18-13-6-8-16-14(17-13)19-11-4-5-12-10(9-11)3-2-7-15-12/h2-9H,1H3. The lowest BCUT2D eigenvalue weighted by molar-refractivity contribution is 0.376. The number of hydrogen-bond acceptors (Lipinski definition) is 5. The topological polar surface area (TPSA) is 57.1 Å². The largest absolute Gasteiger partial charge is 0.481 e. The van der Waals surface area contributed by atoms with E-state index in [4.69, 9.17) is 9.47 Å². The lowest BCUT2D eigenvalue weighted by atomic mass is 10.2. The number of pyridine rings is 1. The smallest absolute Gasteiger partial charge is 0.325 e. The van der Waals surface area contributed by atoms with E-state index in [1.165, 1.54) is 0 Å². The molecule has 0 saturated heterocycles. The van der Waals surface area contributed by atoms with E-state index in [1.807, 2.05) is 30.3 Å². The molecule has 0 saturated carbocycles. The van der Waals surface area contributed by atoms with Crippen LogP contribution in [-0.2, 0) is 0 Å². The highest BCUT2D eigenvalue weighted by molar-refractivity contribution is 5.79. The molecule has 0 aliphatic heterocycles.